The third-order valence-electron chi connectivity index (χ3n) is 3.97. The van der Waals surface area contributed by atoms with Crippen molar-refractivity contribution in [2.45, 2.75) is 39.5 Å². The first-order valence-corrected chi connectivity index (χ1v) is 8.22. The van der Waals surface area contributed by atoms with Gasteiger partial charge >= 0.3 is 0 Å². The van der Waals surface area contributed by atoms with Crippen molar-refractivity contribution >= 4 is 22.4 Å². The third-order valence-corrected chi connectivity index (χ3v) is 3.97. The SMILES string of the molecule is CC(C)c1cccc(Nc2nc(C(C)C)nc3cc[nH]c(=O)c23)c1. The average molecular weight is 322 g/mol. The number of hydrogen-bond donors (Lipinski definition) is 2. The van der Waals surface area contributed by atoms with Gasteiger partial charge in [-0.2, -0.15) is 0 Å². The number of anilines is 2. The summed E-state index contributed by atoms with van der Waals surface area (Å²) >= 11 is 0. The minimum atomic E-state index is -0.190. The molecule has 0 fully saturated rings. The Morgan fingerprint density at radius 2 is 1.83 bits per heavy atom. The van der Waals surface area contributed by atoms with Gasteiger partial charge in [0.2, 0.25) is 0 Å². The molecule has 24 heavy (non-hydrogen) atoms. The number of nitrogens with zero attached hydrogens (tertiary/aromatic N) is 2. The van der Waals surface area contributed by atoms with Gasteiger partial charge in [-0.15, -0.1) is 0 Å². The Morgan fingerprint density at radius 1 is 1.04 bits per heavy atom. The number of aromatic nitrogens is 3. The van der Waals surface area contributed by atoms with Gasteiger partial charge in [0.05, 0.1) is 5.52 Å². The molecular formula is C19H22N4O. The molecule has 0 radical (unpaired) electrons. The van der Waals surface area contributed by atoms with Crippen molar-refractivity contribution in [3.63, 3.8) is 0 Å². The van der Waals surface area contributed by atoms with Gasteiger partial charge < -0.3 is 10.3 Å². The van der Waals surface area contributed by atoms with Gasteiger partial charge in [-0.1, -0.05) is 39.8 Å². The largest absolute Gasteiger partial charge is 0.339 e. The lowest BCUT2D eigenvalue weighted by molar-refractivity contribution is 0.784. The normalized spacial score (nSPS) is 11.4. The highest BCUT2D eigenvalue weighted by Crippen LogP contribution is 2.25. The number of fused-ring (bicyclic) bond motifs is 1. The van der Waals surface area contributed by atoms with E-state index in [9.17, 15) is 4.79 Å². The van der Waals surface area contributed by atoms with Gasteiger partial charge in [0.1, 0.15) is 17.0 Å². The molecule has 0 aliphatic carbocycles. The van der Waals surface area contributed by atoms with Gasteiger partial charge in [0, 0.05) is 17.8 Å². The molecule has 0 atom stereocenters. The van der Waals surface area contributed by atoms with Crippen LogP contribution in [-0.4, -0.2) is 15.0 Å². The molecule has 0 spiro atoms. The molecule has 0 saturated heterocycles. The Hall–Kier alpha value is -2.69. The summed E-state index contributed by atoms with van der Waals surface area (Å²) in [4.78, 5) is 24.1. The molecule has 1 aromatic carbocycles. The first-order chi connectivity index (χ1) is 11.5. The highest BCUT2D eigenvalue weighted by molar-refractivity contribution is 5.89. The van der Waals surface area contributed by atoms with E-state index < -0.39 is 0 Å². The first-order valence-electron chi connectivity index (χ1n) is 8.22. The Morgan fingerprint density at radius 3 is 2.54 bits per heavy atom. The predicted octanol–water partition coefficient (Wildman–Crippen LogP) is 4.31. The second kappa shape index (κ2) is 6.43. The fourth-order valence-electron chi connectivity index (χ4n) is 2.57. The maximum absolute atomic E-state index is 12.3. The van der Waals surface area contributed by atoms with Crippen LogP contribution in [0.5, 0.6) is 0 Å². The average Bonchev–Trinajstić information content (AvgIpc) is 2.54. The van der Waals surface area contributed by atoms with Gasteiger partial charge in [0.15, 0.2) is 0 Å². The van der Waals surface area contributed by atoms with E-state index in [1.807, 2.05) is 26.0 Å². The Kier molecular flexibility index (Phi) is 4.34. The number of rotatable bonds is 4. The van der Waals surface area contributed by atoms with E-state index in [1.54, 1.807) is 12.3 Å². The van der Waals surface area contributed by atoms with Crippen molar-refractivity contribution < 1.29 is 0 Å². The van der Waals surface area contributed by atoms with Crippen LogP contribution in [0.4, 0.5) is 11.5 Å². The number of hydrogen-bond acceptors (Lipinski definition) is 4. The van der Waals surface area contributed by atoms with Crippen molar-refractivity contribution in [3.8, 4) is 0 Å². The molecule has 5 nitrogen and oxygen atoms in total. The van der Waals surface area contributed by atoms with E-state index in [-0.39, 0.29) is 11.5 Å². The summed E-state index contributed by atoms with van der Waals surface area (Å²) in [6.45, 7) is 8.39. The van der Waals surface area contributed by atoms with Gasteiger partial charge in [0.25, 0.3) is 5.56 Å². The summed E-state index contributed by atoms with van der Waals surface area (Å²) in [6, 6.07) is 9.98. The highest BCUT2D eigenvalue weighted by Gasteiger charge is 2.13. The highest BCUT2D eigenvalue weighted by atomic mass is 16.1. The molecule has 5 heteroatoms. The molecule has 0 unspecified atom stereocenters. The van der Waals surface area contributed by atoms with Crippen LogP contribution in [0.2, 0.25) is 0 Å². The molecule has 2 aromatic heterocycles. The lowest BCUT2D eigenvalue weighted by Gasteiger charge is -2.13. The number of nitrogens with one attached hydrogen (secondary N) is 2. The summed E-state index contributed by atoms with van der Waals surface area (Å²) in [5, 5.41) is 3.79. The van der Waals surface area contributed by atoms with Crippen LogP contribution in [-0.2, 0) is 0 Å². The third kappa shape index (κ3) is 3.15. The van der Waals surface area contributed by atoms with Crippen LogP contribution < -0.4 is 10.9 Å². The van der Waals surface area contributed by atoms with E-state index in [2.05, 4.69) is 46.2 Å². The zero-order chi connectivity index (χ0) is 17.3. The van der Waals surface area contributed by atoms with Gasteiger partial charge in [-0.05, 0) is 29.7 Å². The molecule has 0 amide bonds. The van der Waals surface area contributed by atoms with Crippen molar-refractivity contribution in [3.05, 3.63) is 58.3 Å². The van der Waals surface area contributed by atoms with Gasteiger partial charge in [-0.3, -0.25) is 4.79 Å². The molecule has 0 bridgehead atoms. The number of aromatic amines is 1. The number of benzene rings is 1. The minimum absolute atomic E-state index is 0.177. The number of pyridine rings is 1. The van der Waals surface area contributed by atoms with E-state index in [1.165, 1.54) is 5.56 Å². The van der Waals surface area contributed by atoms with Crippen LogP contribution in [0.25, 0.3) is 10.9 Å². The quantitative estimate of drug-likeness (QED) is 0.751. The predicted molar refractivity (Wildman–Crippen MR) is 98.1 cm³/mol. The van der Waals surface area contributed by atoms with Crippen molar-refractivity contribution in [2.24, 2.45) is 0 Å². The standard InChI is InChI=1S/C19H22N4O/c1-11(2)13-6-5-7-14(10-13)21-18-16-15(8-9-20-19(16)24)22-17(23-18)12(3)4/h5-12H,1-4H3,(H,20,24)(H,21,22,23). The van der Waals surface area contributed by atoms with E-state index in [0.29, 0.717) is 22.6 Å². The van der Waals surface area contributed by atoms with Gasteiger partial charge in [-0.25, -0.2) is 9.97 Å². The molecule has 0 aliphatic rings. The summed E-state index contributed by atoms with van der Waals surface area (Å²) in [6.07, 6.45) is 1.62. The topological polar surface area (TPSA) is 70.7 Å². The van der Waals surface area contributed by atoms with E-state index in [0.717, 1.165) is 11.5 Å². The summed E-state index contributed by atoms with van der Waals surface area (Å²) in [7, 11) is 0. The van der Waals surface area contributed by atoms with Crippen molar-refractivity contribution in [1.82, 2.24) is 15.0 Å². The van der Waals surface area contributed by atoms with Crippen LogP contribution in [0.3, 0.4) is 0 Å². The second-order valence-electron chi connectivity index (χ2n) is 6.56. The maximum Gasteiger partial charge on any atom is 0.261 e. The van der Waals surface area contributed by atoms with E-state index in [4.69, 9.17) is 0 Å². The fraction of sp³-hybridized carbons (Fsp3) is 0.316. The molecule has 124 valence electrons. The maximum atomic E-state index is 12.3. The Labute approximate surface area is 141 Å². The van der Waals surface area contributed by atoms with Crippen LogP contribution in [0, 0.1) is 0 Å². The van der Waals surface area contributed by atoms with E-state index >= 15 is 0 Å². The molecule has 0 saturated carbocycles. The van der Waals surface area contributed by atoms with Crippen LogP contribution in [0.15, 0.2) is 41.3 Å². The summed E-state index contributed by atoms with van der Waals surface area (Å²) in [5.74, 6) is 1.88. The molecule has 3 aromatic rings. The molecule has 2 heterocycles. The first kappa shape index (κ1) is 16.2. The van der Waals surface area contributed by atoms with Crippen molar-refractivity contribution in [2.75, 3.05) is 5.32 Å². The zero-order valence-electron chi connectivity index (χ0n) is 14.4. The summed E-state index contributed by atoms with van der Waals surface area (Å²) in [5.41, 5.74) is 2.61. The Bertz CT molecular complexity index is 928. The zero-order valence-corrected chi connectivity index (χ0v) is 14.4. The lowest BCUT2D eigenvalue weighted by atomic mass is 10.0. The van der Waals surface area contributed by atoms with Crippen LogP contribution in [0.1, 0.15) is 50.9 Å². The minimum Gasteiger partial charge on any atom is -0.339 e. The summed E-state index contributed by atoms with van der Waals surface area (Å²) < 4.78 is 0. The second-order valence-corrected chi connectivity index (χ2v) is 6.56. The monoisotopic (exact) mass is 322 g/mol. The smallest absolute Gasteiger partial charge is 0.261 e. The van der Waals surface area contributed by atoms with Crippen LogP contribution >= 0.6 is 0 Å². The fourth-order valence-corrected chi connectivity index (χ4v) is 2.57. The number of H-pyrrole nitrogens is 1. The molecule has 3 rings (SSSR count). The Balaban J connectivity index is 2.14. The molecule has 2 N–H and O–H groups in total. The van der Waals surface area contributed by atoms with Crippen molar-refractivity contribution in [1.29, 1.82) is 0 Å². The molecule has 0 aliphatic heterocycles. The lowest BCUT2D eigenvalue weighted by Crippen LogP contribution is -2.12. The molecular weight excluding hydrogens is 300 g/mol.